The summed E-state index contributed by atoms with van der Waals surface area (Å²) < 4.78 is 25.7. The molecule has 1 aromatic rings. The second-order valence-corrected chi connectivity index (χ2v) is 6.77. The summed E-state index contributed by atoms with van der Waals surface area (Å²) in [5.74, 6) is -0.385. The third-order valence-corrected chi connectivity index (χ3v) is 4.87. The highest BCUT2D eigenvalue weighted by atomic mass is 32.2. The van der Waals surface area contributed by atoms with Crippen molar-refractivity contribution in [1.29, 1.82) is 0 Å². The molecule has 0 atom stereocenters. The largest absolute Gasteiger partial charge is 0.348 e. The Morgan fingerprint density at radius 2 is 1.86 bits per heavy atom. The maximum Gasteiger partial charge on any atom is 0.270 e. The molecule has 0 bridgehead atoms. The van der Waals surface area contributed by atoms with Gasteiger partial charge < -0.3 is 4.90 Å². The quantitative estimate of drug-likeness (QED) is 0.585. The summed E-state index contributed by atoms with van der Waals surface area (Å²) in [7, 11) is 0.317. The van der Waals surface area contributed by atoms with Gasteiger partial charge in [-0.1, -0.05) is 6.07 Å². The molecule has 21 heavy (non-hydrogen) atoms. The molecule has 116 valence electrons. The Labute approximate surface area is 123 Å². The number of non-ortho nitro benzene ring substituents is 1. The SMILES string of the molecule is Cc1ccc([N+](=O)[O-])cc1S(=O)(=O)N(C)CC(=O)N(C)C. The number of carbonyl (C=O) groups excluding carboxylic acids is 1. The maximum absolute atomic E-state index is 12.4. The Kier molecular flexibility index (Phi) is 5.02. The topological polar surface area (TPSA) is 101 Å². The van der Waals surface area contributed by atoms with Gasteiger partial charge in [-0.25, -0.2) is 8.42 Å². The van der Waals surface area contributed by atoms with E-state index in [1.165, 1.54) is 45.1 Å². The molecule has 0 saturated heterocycles. The fourth-order valence-corrected chi connectivity index (χ4v) is 2.93. The fraction of sp³-hybridized carbons (Fsp3) is 0.417. The predicted octanol–water partition coefficient (Wildman–Crippen LogP) is 0.612. The normalized spacial score (nSPS) is 11.5. The van der Waals surface area contributed by atoms with E-state index in [-0.39, 0.29) is 23.0 Å². The van der Waals surface area contributed by atoms with Crippen LogP contribution in [0.1, 0.15) is 5.56 Å². The molecule has 0 aromatic heterocycles. The smallest absolute Gasteiger partial charge is 0.270 e. The molecule has 1 amide bonds. The number of nitrogens with zero attached hydrogens (tertiary/aromatic N) is 3. The van der Waals surface area contributed by atoms with Gasteiger partial charge in [-0.05, 0) is 12.5 Å². The highest BCUT2D eigenvalue weighted by Crippen LogP contribution is 2.24. The van der Waals surface area contributed by atoms with E-state index in [1.54, 1.807) is 0 Å². The highest BCUT2D eigenvalue weighted by molar-refractivity contribution is 7.89. The van der Waals surface area contributed by atoms with Gasteiger partial charge in [0.1, 0.15) is 0 Å². The van der Waals surface area contributed by atoms with Crippen molar-refractivity contribution in [3.05, 3.63) is 33.9 Å². The van der Waals surface area contributed by atoms with Crippen LogP contribution in [0.25, 0.3) is 0 Å². The second kappa shape index (κ2) is 6.19. The van der Waals surface area contributed by atoms with Crippen molar-refractivity contribution in [2.24, 2.45) is 0 Å². The van der Waals surface area contributed by atoms with Crippen LogP contribution in [0.2, 0.25) is 0 Å². The summed E-state index contributed by atoms with van der Waals surface area (Å²) in [5.41, 5.74) is 0.0660. The number of hydrogen-bond acceptors (Lipinski definition) is 5. The van der Waals surface area contributed by atoms with Gasteiger partial charge >= 0.3 is 0 Å². The minimum absolute atomic E-state index is 0.175. The standard InChI is InChI=1S/C12H17N3O5S/c1-9-5-6-10(15(17)18)7-11(9)21(19,20)14(4)8-12(16)13(2)3/h5-7H,8H2,1-4H3. The summed E-state index contributed by atoms with van der Waals surface area (Å²) in [5, 5.41) is 10.8. The molecule has 0 aliphatic carbocycles. The average Bonchev–Trinajstić information content (AvgIpc) is 2.38. The molecular formula is C12H17N3O5S. The van der Waals surface area contributed by atoms with Crippen LogP contribution in [0.3, 0.4) is 0 Å². The van der Waals surface area contributed by atoms with Gasteiger partial charge in [-0.15, -0.1) is 0 Å². The first kappa shape index (κ1) is 17.1. The van der Waals surface area contributed by atoms with E-state index < -0.39 is 14.9 Å². The molecule has 0 aliphatic heterocycles. The lowest BCUT2D eigenvalue weighted by Gasteiger charge is -2.20. The lowest BCUT2D eigenvalue weighted by molar-refractivity contribution is -0.385. The summed E-state index contributed by atoms with van der Waals surface area (Å²) in [6.45, 7) is 1.20. The molecule has 0 saturated carbocycles. The van der Waals surface area contributed by atoms with Crippen molar-refractivity contribution < 1.29 is 18.1 Å². The van der Waals surface area contributed by atoms with Crippen LogP contribution < -0.4 is 0 Å². The molecule has 1 rings (SSSR count). The molecule has 0 heterocycles. The number of amides is 1. The van der Waals surface area contributed by atoms with Crippen molar-refractivity contribution in [1.82, 2.24) is 9.21 Å². The molecular weight excluding hydrogens is 298 g/mol. The lowest BCUT2D eigenvalue weighted by atomic mass is 10.2. The Balaban J connectivity index is 3.21. The fourth-order valence-electron chi connectivity index (χ4n) is 1.57. The monoisotopic (exact) mass is 315 g/mol. The van der Waals surface area contributed by atoms with Gasteiger partial charge in [-0.2, -0.15) is 4.31 Å². The first-order valence-corrected chi connectivity index (χ1v) is 7.43. The molecule has 0 spiro atoms. The van der Waals surface area contributed by atoms with Crippen LogP contribution in [0.4, 0.5) is 5.69 Å². The van der Waals surface area contributed by atoms with Gasteiger partial charge in [0.15, 0.2) is 0 Å². The van der Waals surface area contributed by atoms with Gasteiger partial charge in [-0.3, -0.25) is 14.9 Å². The Bertz CT molecular complexity index is 669. The number of nitro groups is 1. The average molecular weight is 315 g/mol. The lowest BCUT2D eigenvalue weighted by Crippen LogP contribution is -2.38. The van der Waals surface area contributed by atoms with Crippen molar-refractivity contribution in [3.63, 3.8) is 0 Å². The van der Waals surface area contributed by atoms with Gasteiger partial charge in [0, 0.05) is 33.3 Å². The number of carbonyl (C=O) groups is 1. The second-order valence-electron chi connectivity index (χ2n) is 4.76. The van der Waals surface area contributed by atoms with Crippen molar-refractivity contribution in [2.45, 2.75) is 11.8 Å². The summed E-state index contributed by atoms with van der Waals surface area (Å²) in [6, 6.07) is 3.60. The van der Waals surface area contributed by atoms with Crippen LogP contribution >= 0.6 is 0 Å². The summed E-state index contributed by atoms with van der Waals surface area (Å²) in [6.07, 6.45) is 0. The maximum atomic E-state index is 12.4. The van der Waals surface area contributed by atoms with E-state index in [2.05, 4.69) is 0 Å². The zero-order valence-electron chi connectivity index (χ0n) is 12.2. The number of hydrogen-bond donors (Lipinski definition) is 0. The molecule has 8 nitrogen and oxygen atoms in total. The van der Waals surface area contributed by atoms with Crippen molar-refractivity contribution >= 4 is 21.6 Å². The number of nitro benzene ring substituents is 1. The van der Waals surface area contributed by atoms with Crippen molar-refractivity contribution in [2.75, 3.05) is 27.7 Å². The Morgan fingerprint density at radius 3 is 2.33 bits per heavy atom. The van der Waals surface area contributed by atoms with Crippen molar-refractivity contribution in [3.8, 4) is 0 Å². The first-order chi connectivity index (χ1) is 9.57. The Hall–Kier alpha value is -2.00. The van der Waals surface area contributed by atoms with Gasteiger partial charge in [0.2, 0.25) is 15.9 Å². The third-order valence-electron chi connectivity index (χ3n) is 2.93. The molecule has 1 aromatic carbocycles. The minimum Gasteiger partial charge on any atom is -0.348 e. The van der Waals surface area contributed by atoms with E-state index in [9.17, 15) is 23.3 Å². The first-order valence-electron chi connectivity index (χ1n) is 5.99. The number of rotatable bonds is 5. The van der Waals surface area contributed by atoms with Crippen LogP contribution in [-0.2, 0) is 14.8 Å². The van der Waals surface area contributed by atoms with Crippen LogP contribution in [0.5, 0.6) is 0 Å². The van der Waals surface area contributed by atoms with E-state index >= 15 is 0 Å². The molecule has 0 fully saturated rings. The predicted molar refractivity (Wildman–Crippen MR) is 76.3 cm³/mol. The molecule has 0 N–H and O–H groups in total. The molecule has 0 aliphatic rings. The van der Waals surface area contributed by atoms with Crippen LogP contribution in [-0.4, -0.2) is 56.1 Å². The molecule has 0 unspecified atom stereocenters. The number of sulfonamides is 1. The molecule has 9 heteroatoms. The summed E-state index contributed by atoms with van der Waals surface area (Å²) >= 11 is 0. The van der Waals surface area contributed by atoms with E-state index in [4.69, 9.17) is 0 Å². The van der Waals surface area contributed by atoms with E-state index in [0.29, 0.717) is 5.56 Å². The number of likely N-dealkylation sites (N-methyl/N-ethyl adjacent to an activating group) is 2. The summed E-state index contributed by atoms with van der Waals surface area (Å²) in [4.78, 5) is 22.8. The highest BCUT2D eigenvalue weighted by Gasteiger charge is 2.27. The Morgan fingerprint density at radius 1 is 1.29 bits per heavy atom. The van der Waals surface area contributed by atoms with Gasteiger partial charge in [0.05, 0.1) is 16.4 Å². The van der Waals surface area contributed by atoms with E-state index in [0.717, 1.165) is 10.4 Å². The van der Waals surface area contributed by atoms with Crippen LogP contribution in [0, 0.1) is 17.0 Å². The van der Waals surface area contributed by atoms with E-state index in [1.807, 2.05) is 0 Å². The number of benzene rings is 1. The molecule has 0 radical (unpaired) electrons. The van der Waals surface area contributed by atoms with Crippen LogP contribution in [0.15, 0.2) is 23.1 Å². The zero-order chi connectivity index (χ0) is 16.4. The third kappa shape index (κ3) is 3.76. The van der Waals surface area contributed by atoms with Gasteiger partial charge in [0.25, 0.3) is 5.69 Å². The number of aryl methyl sites for hydroxylation is 1. The minimum atomic E-state index is -3.97. The zero-order valence-corrected chi connectivity index (χ0v) is 13.0.